The predicted octanol–water partition coefficient (Wildman–Crippen LogP) is 12.5. The number of allylic oxidation sites excluding steroid dienone is 2. The van der Waals surface area contributed by atoms with Crippen LogP contribution in [0.1, 0.15) is 117 Å². The van der Waals surface area contributed by atoms with Crippen LogP contribution >= 0.6 is 0 Å². The summed E-state index contributed by atoms with van der Waals surface area (Å²) in [6.07, 6.45) is 1.55. The summed E-state index contributed by atoms with van der Waals surface area (Å²) in [5, 5.41) is 17.6. The maximum atomic E-state index is 14.5. The van der Waals surface area contributed by atoms with E-state index in [1.807, 2.05) is 84.9 Å². The van der Waals surface area contributed by atoms with Gasteiger partial charge in [0, 0.05) is 11.6 Å². The van der Waals surface area contributed by atoms with Crippen molar-refractivity contribution < 1.29 is 30.9 Å². The molecule has 10 heteroatoms. The van der Waals surface area contributed by atoms with Gasteiger partial charge >= 0.3 is 22.5 Å². The van der Waals surface area contributed by atoms with Crippen LogP contribution in [0.5, 0.6) is 0 Å². The normalized spacial score (nSPS) is 14.3. The van der Waals surface area contributed by atoms with Crippen molar-refractivity contribution in [2.75, 3.05) is 0 Å². The van der Waals surface area contributed by atoms with Gasteiger partial charge in [-0.25, -0.2) is 14.8 Å². The Kier molecular flexibility index (Phi) is 12.0. The molecule has 3 aliphatic heterocycles. The van der Waals surface area contributed by atoms with E-state index in [1.165, 1.54) is 0 Å². The van der Waals surface area contributed by atoms with Crippen LogP contribution in [0.25, 0.3) is 44.5 Å². The van der Waals surface area contributed by atoms with Crippen molar-refractivity contribution in [3.63, 3.8) is 0 Å². The second-order valence-electron chi connectivity index (χ2n) is 21.9. The largest absolute Gasteiger partial charge is 2.00 e. The van der Waals surface area contributed by atoms with Crippen LogP contribution in [-0.2, 0) is 37.5 Å². The molecule has 0 N–H and O–H groups in total. The summed E-state index contributed by atoms with van der Waals surface area (Å²) in [7, 11) is 0. The van der Waals surface area contributed by atoms with Crippen LogP contribution in [0.4, 0.5) is 0 Å². The van der Waals surface area contributed by atoms with Gasteiger partial charge in [0.1, 0.15) is 5.71 Å². The second-order valence-corrected chi connectivity index (χ2v) is 21.9. The molecule has 11 rings (SSSR count). The Balaban J connectivity index is 0.00000611. The molecule has 0 aliphatic carbocycles. The van der Waals surface area contributed by atoms with Crippen molar-refractivity contribution in [3.05, 3.63) is 251 Å². The van der Waals surface area contributed by atoms with Gasteiger partial charge in [0.2, 0.25) is 0 Å². The molecular formula is C63H53N5NiO4. The number of aliphatic imine (C=N–C) groups is 1. The number of hydrogen-bond donors (Lipinski definition) is 0. The minimum Gasteiger partial charge on any atom is -0.657 e. The fourth-order valence-electron chi connectivity index (χ4n) is 9.96. The van der Waals surface area contributed by atoms with Crippen LogP contribution in [0, 0.1) is 20.7 Å². The Hall–Kier alpha value is -7.94. The smallest absolute Gasteiger partial charge is 0.657 e. The van der Waals surface area contributed by atoms with Gasteiger partial charge in [0.05, 0.1) is 32.8 Å². The van der Waals surface area contributed by atoms with E-state index in [0.717, 1.165) is 54.9 Å². The predicted molar refractivity (Wildman–Crippen MR) is 286 cm³/mol. The molecule has 2 aromatic heterocycles. The fourth-order valence-corrected chi connectivity index (χ4v) is 9.96. The quantitative estimate of drug-likeness (QED) is 0.0707. The molecule has 0 fully saturated rings. The first-order valence-corrected chi connectivity index (χ1v) is 24.3. The molecule has 6 aromatic carbocycles. The van der Waals surface area contributed by atoms with Crippen LogP contribution < -0.4 is 20.7 Å². The summed E-state index contributed by atoms with van der Waals surface area (Å²) >= 11 is 0. The standard InChI is InChI=1S/C63H53N5O4.Ni/c1-61(2,3)40-24-20-37(21-25-40)52-45-32-33-48(65-45)56-59(72-60(69)39-18-14-11-15-19-39)55-51(36-16-12-10-13-17-36)44-34-42(63(7,8)9)28-29-43(44)54(58(55)67-56)47-31-30-46(64-47)53(57-50(68(70)71)35-49(52)66-57)38-22-26-41(27-23-38)62(4,5)6;/h10-35H,1-9H3;/q-2;+2. The molecule has 5 heterocycles. The van der Waals surface area contributed by atoms with E-state index in [4.69, 9.17) is 24.7 Å². The monoisotopic (exact) mass is 1000 g/mol. The van der Waals surface area contributed by atoms with Gasteiger partial charge in [-0.1, -0.05) is 196 Å². The Morgan fingerprint density at radius 2 is 1.12 bits per heavy atom. The minimum atomic E-state index is -0.547. The molecule has 0 radical (unpaired) electrons. The molecular weight excluding hydrogens is 949 g/mol. The van der Waals surface area contributed by atoms with Gasteiger partial charge < -0.3 is 14.7 Å². The molecule has 8 aromatic rings. The summed E-state index contributed by atoms with van der Waals surface area (Å²) in [4.78, 5) is 49.2. The van der Waals surface area contributed by atoms with E-state index in [0.29, 0.717) is 61.1 Å². The summed E-state index contributed by atoms with van der Waals surface area (Å²) in [6, 6.07) is 49.6. The average Bonchev–Trinajstić information content (AvgIpc) is 4.19. The first-order chi connectivity index (χ1) is 34.3. The van der Waals surface area contributed by atoms with E-state index >= 15 is 0 Å². The second kappa shape index (κ2) is 18.0. The van der Waals surface area contributed by atoms with Gasteiger partial charge in [-0.15, -0.1) is 22.1 Å². The summed E-state index contributed by atoms with van der Waals surface area (Å²) in [5.41, 5.74) is 9.97. The molecule has 364 valence electrons. The number of fused-ring (bicyclic) bond motifs is 9. The van der Waals surface area contributed by atoms with Crippen molar-refractivity contribution in [2.24, 2.45) is 9.98 Å². The van der Waals surface area contributed by atoms with Crippen molar-refractivity contribution in [2.45, 2.75) is 78.6 Å². The third-order valence-corrected chi connectivity index (χ3v) is 13.9. The molecule has 9 nitrogen and oxygen atoms in total. The Morgan fingerprint density at radius 3 is 1.73 bits per heavy atom. The fraction of sp³-hybridized carbons (Fsp3) is 0.190. The van der Waals surface area contributed by atoms with Crippen molar-refractivity contribution in [1.82, 2.24) is 9.97 Å². The third-order valence-electron chi connectivity index (χ3n) is 13.9. The Labute approximate surface area is 434 Å². The molecule has 0 saturated heterocycles. The number of hydrogen-bond acceptors (Lipinski definition) is 6. The average molecular weight is 1000 g/mol. The van der Waals surface area contributed by atoms with Gasteiger partial charge in [-0.05, 0) is 95.0 Å². The molecule has 0 atom stereocenters. The molecule has 0 unspecified atom stereocenters. The van der Waals surface area contributed by atoms with E-state index in [1.54, 1.807) is 18.2 Å². The number of aromatic nitrogens is 2. The minimum absolute atomic E-state index is 0. The molecule has 8 bridgehead atoms. The molecule has 0 amide bonds. The van der Waals surface area contributed by atoms with Gasteiger partial charge in [-0.3, -0.25) is 10.1 Å². The van der Waals surface area contributed by atoms with Gasteiger partial charge in [-0.2, -0.15) is 0 Å². The molecule has 0 spiro atoms. The number of rotatable bonds is 6. The van der Waals surface area contributed by atoms with E-state index < -0.39 is 5.97 Å². The van der Waals surface area contributed by atoms with E-state index in [-0.39, 0.29) is 54.8 Å². The van der Waals surface area contributed by atoms with Crippen LogP contribution in [0.15, 0.2) is 179 Å². The zero-order valence-electron chi connectivity index (χ0n) is 42.2. The number of carbonyl (C=O) groups is 1. The zero-order chi connectivity index (χ0) is 50.4. The van der Waals surface area contributed by atoms with Crippen molar-refractivity contribution >= 4 is 45.1 Å². The summed E-state index contributed by atoms with van der Waals surface area (Å²) in [6.45, 7) is 19.5. The number of nitro groups is 1. The first-order valence-electron chi connectivity index (χ1n) is 24.3. The number of benzene rings is 6. The van der Waals surface area contributed by atoms with Gasteiger partial charge in [0.25, 0.3) is 5.70 Å². The molecule has 0 saturated carbocycles. The topological polar surface area (TPSA) is 122 Å². The van der Waals surface area contributed by atoms with E-state index in [2.05, 4.69) is 117 Å². The van der Waals surface area contributed by atoms with Crippen molar-refractivity contribution in [3.8, 4) is 11.1 Å². The first kappa shape index (κ1) is 48.7. The summed E-state index contributed by atoms with van der Waals surface area (Å²) in [5.74, 6) is -0.286. The summed E-state index contributed by atoms with van der Waals surface area (Å²) < 4.78 is 6.72. The van der Waals surface area contributed by atoms with Crippen molar-refractivity contribution in [1.29, 1.82) is 0 Å². The number of carbonyl (C=O) groups excluding carboxylic acids is 1. The Bertz CT molecular complexity index is 3950. The Morgan fingerprint density at radius 1 is 0.562 bits per heavy atom. The van der Waals surface area contributed by atoms with Crippen LogP contribution in [0.3, 0.4) is 0 Å². The zero-order valence-corrected chi connectivity index (χ0v) is 43.2. The van der Waals surface area contributed by atoms with E-state index in [9.17, 15) is 14.9 Å². The number of nitrogens with zero attached hydrogens (tertiary/aromatic N) is 5. The maximum absolute atomic E-state index is 14.5. The number of esters is 1. The maximum Gasteiger partial charge on any atom is 2.00 e. The molecule has 73 heavy (non-hydrogen) atoms. The number of ether oxygens (including phenoxy) is 1. The van der Waals surface area contributed by atoms with Crippen LogP contribution in [-0.4, -0.2) is 16.6 Å². The molecule has 3 aliphatic rings. The third kappa shape index (κ3) is 8.63. The van der Waals surface area contributed by atoms with Crippen LogP contribution in [0.2, 0.25) is 0 Å². The van der Waals surface area contributed by atoms with Gasteiger partial charge in [0.15, 0.2) is 5.76 Å². The SMILES string of the molecule is CC(C)(C)c1ccc(C2=C3C=C([N+](=O)[O-])C(=N3)C(c3ccc(C(C)(C)C)cc3)=c3ccc([n-]3)=c3c4c(c(-c5ccccc5)c5cc(C(C)(C)C)ccc35)C(OC(=O)c3ccccc3)=C(N=4)c3ccc2[n-]3)cc1.[Ni+2].